The lowest BCUT2D eigenvalue weighted by atomic mass is 10.0. The third-order valence-corrected chi connectivity index (χ3v) is 8.04. The lowest BCUT2D eigenvalue weighted by molar-refractivity contribution is -0.137. The van der Waals surface area contributed by atoms with Crippen molar-refractivity contribution in [1.82, 2.24) is 42.2 Å². The van der Waals surface area contributed by atoms with Gasteiger partial charge in [-0.3, -0.25) is 28.8 Å². The van der Waals surface area contributed by atoms with E-state index in [2.05, 4.69) is 42.2 Å². The molecule has 0 saturated carbocycles. The van der Waals surface area contributed by atoms with Gasteiger partial charge in [0.05, 0.1) is 19.3 Å². The molecule has 0 aliphatic rings. The molecule has 0 saturated heterocycles. The minimum absolute atomic E-state index is 0.0439. The Hall–Kier alpha value is -4.58. The van der Waals surface area contributed by atoms with E-state index in [-0.39, 0.29) is 19.4 Å². The molecule has 0 radical (unpaired) electrons. The molecule has 1 aromatic heterocycles. The van der Waals surface area contributed by atoms with Crippen molar-refractivity contribution in [2.75, 3.05) is 33.8 Å². The van der Waals surface area contributed by atoms with E-state index in [1.54, 1.807) is 27.1 Å². The number of carbonyl (C=O) groups excluding carboxylic acids is 6. The number of aromatic nitrogens is 1. The van der Waals surface area contributed by atoms with Crippen molar-refractivity contribution in [2.24, 2.45) is 11.7 Å². The topological polar surface area (TPSA) is 269 Å². The monoisotopic (exact) mass is 703 g/mol. The van der Waals surface area contributed by atoms with Crippen molar-refractivity contribution in [3.05, 3.63) is 36.0 Å². The summed E-state index contributed by atoms with van der Waals surface area (Å²) in [6, 6.07) is 1.14. The SMILES string of the molecule is CNCC(=O)N[C@@H](CCCCN)C(=O)N[C@@H](CO)C(=O)NC(C(=O)N[C@H](C(=O)N[C@@H](Cc1c[nH]c2ccccc12)C(=O)NC)[C@@H](C)O)C(C)C. The Bertz CT molecular complexity index is 1450. The number of rotatable bonds is 21. The standard InChI is InChI=1S/C33H53N9O8/c1-18(2)27(41-31(48)25(17-43)40-30(47)23(12-8-9-13-34)38-26(45)16-35-4)32(49)42-28(19(3)44)33(50)39-24(29(46)36-5)14-20-15-37-22-11-7-6-10-21(20)22/h6-7,10-11,15,18-19,23-25,27-28,35,37,43-44H,8-9,12-14,16-17,34H2,1-5H3,(H,36,46)(H,38,45)(H,39,50)(H,40,47)(H,41,48)(H,42,49)/t19-,23+,24+,25+,27?,28+/m1/s1. The molecule has 0 spiro atoms. The van der Waals surface area contributed by atoms with Gasteiger partial charge in [0.15, 0.2) is 0 Å². The first-order valence-corrected chi connectivity index (χ1v) is 16.7. The molecular weight excluding hydrogens is 650 g/mol. The van der Waals surface area contributed by atoms with E-state index >= 15 is 0 Å². The maximum atomic E-state index is 13.5. The molecule has 2 rings (SSSR count). The fourth-order valence-corrected chi connectivity index (χ4v) is 5.24. The second-order valence-corrected chi connectivity index (χ2v) is 12.4. The normalized spacial score (nSPS) is 14.8. The van der Waals surface area contributed by atoms with Crippen LogP contribution in [0.2, 0.25) is 0 Å². The number of aromatic amines is 1. The molecule has 1 heterocycles. The number of likely N-dealkylation sites (N-methyl/N-ethyl adjacent to an activating group) is 2. The van der Waals surface area contributed by atoms with Crippen LogP contribution >= 0.6 is 0 Å². The number of hydrogen-bond acceptors (Lipinski definition) is 10. The van der Waals surface area contributed by atoms with Gasteiger partial charge in [-0.25, -0.2) is 0 Å². The maximum absolute atomic E-state index is 13.5. The molecule has 278 valence electrons. The fraction of sp³-hybridized carbons (Fsp3) is 0.576. The number of fused-ring (bicyclic) bond motifs is 1. The van der Waals surface area contributed by atoms with Gasteiger partial charge in [-0.15, -0.1) is 0 Å². The van der Waals surface area contributed by atoms with Gasteiger partial charge in [-0.05, 0) is 57.3 Å². The summed E-state index contributed by atoms with van der Waals surface area (Å²) >= 11 is 0. The van der Waals surface area contributed by atoms with Crippen LogP contribution in [-0.2, 0) is 35.2 Å². The van der Waals surface area contributed by atoms with Crippen molar-refractivity contribution >= 4 is 46.3 Å². The smallest absolute Gasteiger partial charge is 0.245 e. The summed E-state index contributed by atoms with van der Waals surface area (Å²) in [6.07, 6.45) is 1.80. The minimum atomic E-state index is -1.51. The predicted molar refractivity (Wildman–Crippen MR) is 186 cm³/mol. The lowest BCUT2D eigenvalue weighted by Gasteiger charge is -2.29. The van der Waals surface area contributed by atoms with Crippen LogP contribution in [-0.4, -0.2) is 121 Å². The van der Waals surface area contributed by atoms with Crippen molar-refractivity contribution in [3.63, 3.8) is 0 Å². The van der Waals surface area contributed by atoms with E-state index in [0.29, 0.717) is 19.4 Å². The number of unbranched alkanes of at least 4 members (excludes halogenated alkanes) is 1. The second-order valence-electron chi connectivity index (χ2n) is 12.4. The van der Waals surface area contributed by atoms with Gasteiger partial charge in [-0.1, -0.05) is 32.0 Å². The highest BCUT2D eigenvalue weighted by Gasteiger charge is 2.35. The van der Waals surface area contributed by atoms with Crippen molar-refractivity contribution in [1.29, 1.82) is 0 Å². The molecule has 0 bridgehead atoms. The zero-order chi connectivity index (χ0) is 37.4. The van der Waals surface area contributed by atoms with E-state index in [1.165, 1.54) is 14.0 Å². The molecule has 6 amide bonds. The Morgan fingerprint density at radius 1 is 0.780 bits per heavy atom. The average molecular weight is 704 g/mol. The third kappa shape index (κ3) is 12.4. The molecule has 2 aromatic rings. The molecular formula is C33H53N9O8. The first kappa shape index (κ1) is 41.6. The van der Waals surface area contributed by atoms with Gasteiger partial charge in [0.2, 0.25) is 35.4 Å². The zero-order valence-electron chi connectivity index (χ0n) is 29.3. The van der Waals surface area contributed by atoms with E-state index in [9.17, 15) is 39.0 Å². The summed E-state index contributed by atoms with van der Waals surface area (Å²) in [4.78, 5) is 81.3. The van der Waals surface area contributed by atoms with Crippen LogP contribution < -0.4 is 43.0 Å². The summed E-state index contributed by atoms with van der Waals surface area (Å²) < 4.78 is 0. The summed E-state index contributed by atoms with van der Waals surface area (Å²) in [6.45, 7) is 4.07. The van der Waals surface area contributed by atoms with Gasteiger partial charge >= 0.3 is 0 Å². The summed E-state index contributed by atoms with van der Waals surface area (Å²) in [7, 11) is 2.99. The number of H-pyrrole nitrogens is 1. The lowest BCUT2D eigenvalue weighted by Crippen LogP contribution is -2.62. The van der Waals surface area contributed by atoms with Crippen LogP contribution in [0.5, 0.6) is 0 Å². The Kier molecular flexibility index (Phi) is 17.3. The molecule has 0 aliphatic heterocycles. The number of para-hydroxylation sites is 1. The first-order chi connectivity index (χ1) is 23.8. The van der Waals surface area contributed by atoms with E-state index < -0.39 is 84.3 Å². The number of aliphatic hydroxyl groups is 2. The zero-order valence-corrected chi connectivity index (χ0v) is 29.3. The van der Waals surface area contributed by atoms with Gasteiger partial charge in [0.1, 0.15) is 30.2 Å². The number of aliphatic hydroxyl groups excluding tert-OH is 2. The minimum Gasteiger partial charge on any atom is -0.394 e. The van der Waals surface area contributed by atoms with Crippen LogP contribution in [0.25, 0.3) is 10.9 Å². The molecule has 6 atom stereocenters. The van der Waals surface area contributed by atoms with Crippen LogP contribution in [0.1, 0.15) is 45.6 Å². The number of carbonyl (C=O) groups is 6. The van der Waals surface area contributed by atoms with Crippen LogP contribution in [0.4, 0.5) is 0 Å². The number of amides is 6. The van der Waals surface area contributed by atoms with Crippen LogP contribution in [0.15, 0.2) is 30.5 Å². The predicted octanol–water partition coefficient (Wildman–Crippen LogP) is -2.74. The van der Waals surface area contributed by atoms with Crippen molar-refractivity contribution in [2.45, 2.75) is 82.8 Å². The van der Waals surface area contributed by atoms with E-state index in [4.69, 9.17) is 5.73 Å². The van der Waals surface area contributed by atoms with E-state index in [0.717, 1.165) is 16.5 Å². The average Bonchev–Trinajstić information content (AvgIpc) is 3.49. The number of benzene rings is 1. The van der Waals surface area contributed by atoms with E-state index in [1.807, 2.05) is 24.3 Å². The Labute approximate surface area is 291 Å². The van der Waals surface area contributed by atoms with Gasteiger partial charge in [-0.2, -0.15) is 0 Å². The Morgan fingerprint density at radius 3 is 2.00 bits per heavy atom. The number of nitrogens with two attached hydrogens (primary N) is 1. The Morgan fingerprint density at radius 2 is 1.40 bits per heavy atom. The molecule has 1 unspecified atom stereocenters. The molecule has 50 heavy (non-hydrogen) atoms. The fourth-order valence-electron chi connectivity index (χ4n) is 5.24. The third-order valence-electron chi connectivity index (χ3n) is 8.04. The van der Waals surface area contributed by atoms with Crippen LogP contribution in [0, 0.1) is 5.92 Å². The summed E-state index contributed by atoms with van der Waals surface area (Å²) in [5, 5.41) is 39.1. The number of nitrogens with one attached hydrogen (secondary N) is 8. The molecule has 1 aromatic carbocycles. The van der Waals surface area contributed by atoms with Crippen LogP contribution in [0.3, 0.4) is 0 Å². The second kappa shape index (κ2) is 20.8. The largest absolute Gasteiger partial charge is 0.394 e. The highest BCUT2D eigenvalue weighted by atomic mass is 16.3. The van der Waals surface area contributed by atoms with Gasteiger partial charge < -0.3 is 58.1 Å². The first-order valence-electron chi connectivity index (χ1n) is 16.7. The maximum Gasteiger partial charge on any atom is 0.245 e. The molecule has 12 N–H and O–H groups in total. The highest BCUT2D eigenvalue weighted by Crippen LogP contribution is 2.19. The van der Waals surface area contributed by atoms with Gasteiger partial charge in [0.25, 0.3) is 0 Å². The molecule has 0 fully saturated rings. The van der Waals surface area contributed by atoms with Crippen molar-refractivity contribution in [3.8, 4) is 0 Å². The number of hydrogen-bond donors (Lipinski definition) is 11. The Balaban J connectivity index is 2.16. The molecule has 0 aliphatic carbocycles. The molecule has 17 nitrogen and oxygen atoms in total. The summed E-state index contributed by atoms with van der Waals surface area (Å²) in [5.74, 6) is -4.76. The molecule has 17 heteroatoms. The quantitative estimate of drug-likeness (QED) is 0.0597. The van der Waals surface area contributed by atoms with Crippen molar-refractivity contribution < 1.29 is 39.0 Å². The summed E-state index contributed by atoms with van der Waals surface area (Å²) in [5.41, 5.74) is 7.17. The van der Waals surface area contributed by atoms with Gasteiger partial charge in [0, 0.05) is 30.6 Å². The highest BCUT2D eigenvalue weighted by molar-refractivity contribution is 5.97.